The lowest BCUT2D eigenvalue weighted by molar-refractivity contribution is 0.306. The summed E-state index contributed by atoms with van der Waals surface area (Å²) in [4.78, 5) is 0. The summed E-state index contributed by atoms with van der Waals surface area (Å²) in [6, 6.07) is 23.7. The van der Waals surface area contributed by atoms with Crippen LogP contribution in [0.15, 0.2) is 60.7 Å². The van der Waals surface area contributed by atoms with Gasteiger partial charge in [0.2, 0.25) is 0 Å². The Labute approximate surface area is 113 Å². The van der Waals surface area contributed by atoms with Crippen molar-refractivity contribution in [2.24, 2.45) is 0 Å². The van der Waals surface area contributed by atoms with Crippen LogP contribution in [0.4, 0.5) is 0 Å². The molecule has 0 fully saturated rings. The topological polar surface area (TPSA) is 9.23 Å². The van der Waals surface area contributed by atoms with E-state index in [2.05, 4.69) is 48.5 Å². The minimum absolute atomic E-state index is 0.592. The second kappa shape index (κ2) is 5.15. The smallest absolute Gasteiger partial charge is 0.120 e. The van der Waals surface area contributed by atoms with Gasteiger partial charge in [-0.1, -0.05) is 42.5 Å². The third kappa shape index (κ3) is 2.76. The van der Waals surface area contributed by atoms with Crippen molar-refractivity contribution in [2.75, 3.05) is 0 Å². The molecule has 0 unspecified atom stereocenters. The third-order valence-corrected chi connectivity index (χ3v) is 3.14. The fourth-order valence-electron chi connectivity index (χ4n) is 2.14. The summed E-state index contributed by atoms with van der Waals surface area (Å²) in [5.74, 6) is 0.893. The normalized spacial score (nSPS) is 10.6. The monoisotopic (exact) mass is 247 g/mol. The highest BCUT2D eigenvalue weighted by Gasteiger charge is 1.98. The molecule has 0 heterocycles. The van der Waals surface area contributed by atoms with Crippen molar-refractivity contribution in [3.8, 4) is 5.75 Å². The molecule has 0 saturated heterocycles. The molecule has 3 aromatic carbocycles. The number of fused-ring (bicyclic) bond motifs is 1. The van der Waals surface area contributed by atoms with Gasteiger partial charge in [-0.05, 0) is 53.1 Å². The highest BCUT2D eigenvalue weighted by Crippen LogP contribution is 2.18. The largest absolute Gasteiger partial charge is 0.489 e. The van der Waals surface area contributed by atoms with E-state index in [1.165, 1.54) is 16.3 Å². The van der Waals surface area contributed by atoms with Crippen LogP contribution in [0.25, 0.3) is 10.8 Å². The lowest BCUT2D eigenvalue weighted by Gasteiger charge is -2.07. The number of ether oxygens (including phenoxy) is 1. The van der Waals surface area contributed by atoms with Crippen LogP contribution < -0.4 is 4.74 Å². The molecular weight excluding hydrogens is 232 g/mol. The lowest BCUT2D eigenvalue weighted by atomic mass is 10.1. The molecule has 0 atom stereocenters. The molecule has 0 N–H and O–H groups in total. The van der Waals surface area contributed by atoms with Gasteiger partial charge in [0.15, 0.2) is 0 Å². The summed E-state index contributed by atoms with van der Waals surface area (Å²) >= 11 is 0. The molecule has 3 aromatic rings. The predicted molar refractivity (Wildman–Crippen MR) is 78.3 cm³/mol. The summed E-state index contributed by atoms with van der Waals surface area (Å²) in [7, 11) is 0. The fourth-order valence-corrected chi connectivity index (χ4v) is 2.14. The van der Waals surface area contributed by atoms with Crippen LogP contribution in [-0.4, -0.2) is 0 Å². The van der Waals surface area contributed by atoms with Crippen molar-refractivity contribution >= 4 is 10.8 Å². The van der Waals surface area contributed by atoms with Gasteiger partial charge in [0, 0.05) is 0 Å². The second-order valence-electron chi connectivity index (χ2n) is 4.68. The van der Waals surface area contributed by atoms with Crippen LogP contribution in [0.1, 0.15) is 11.1 Å². The van der Waals surface area contributed by atoms with E-state index in [9.17, 15) is 0 Å². The summed E-state index contributed by atoms with van der Waals surface area (Å²) in [6.07, 6.45) is 0. The highest BCUT2D eigenvalue weighted by molar-refractivity contribution is 5.82. The Balaban J connectivity index is 1.78. The molecule has 0 aromatic heterocycles. The zero-order valence-electron chi connectivity index (χ0n) is 10.9. The Morgan fingerprint density at radius 1 is 0.947 bits per heavy atom. The van der Waals surface area contributed by atoms with Gasteiger partial charge in [-0.3, -0.25) is 0 Å². The Hall–Kier alpha value is -2.28. The molecule has 19 heavy (non-hydrogen) atoms. The van der Waals surface area contributed by atoms with E-state index in [-0.39, 0.29) is 0 Å². The first-order valence-corrected chi connectivity index (χ1v) is 6.40. The fraction of sp³-hybridized carbons (Fsp3) is 0.111. The number of hydrogen-bond acceptors (Lipinski definition) is 1. The third-order valence-electron chi connectivity index (χ3n) is 3.14. The van der Waals surface area contributed by atoms with E-state index in [4.69, 9.17) is 4.74 Å². The number of aryl methyl sites for hydroxylation is 1. The predicted octanol–water partition coefficient (Wildman–Crippen LogP) is 4.53. The Morgan fingerprint density at radius 3 is 2.63 bits per heavy atom. The van der Waals surface area contributed by atoms with Gasteiger partial charge >= 0.3 is 0 Å². The number of benzene rings is 3. The standard InChI is InChI=1S/C18H15O/c1-14-5-4-8-18(11-14)19-13-15-9-10-16-6-2-3-7-17(16)12-15/h2-4,6-12H,13H2,1H3. The van der Waals surface area contributed by atoms with Crippen molar-refractivity contribution in [3.05, 3.63) is 77.9 Å². The quantitative estimate of drug-likeness (QED) is 0.661. The maximum absolute atomic E-state index is 5.80. The zero-order valence-corrected chi connectivity index (χ0v) is 10.9. The van der Waals surface area contributed by atoms with Crippen molar-refractivity contribution < 1.29 is 4.74 Å². The molecule has 0 aliphatic heterocycles. The Morgan fingerprint density at radius 2 is 1.79 bits per heavy atom. The molecule has 0 amide bonds. The Kier molecular flexibility index (Phi) is 3.20. The maximum atomic E-state index is 5.80. The first-order valence-electron chi connectivity index (χ1n) is 6.40. The Bertz CT molecular complexity index is 701. The first-order chi connectivity index (χ1) is 9.31. The molecule has 1 heteroatoms. The van der Waals surface area contributed by atoms with E-state index >= 15 is 0 Å². The average molecular weight is 247 g/mol. The average Bonchev–Trinajstić information content (AvgIpc) is 2.45. The van der Waals surface area contributed by atoms with E-state index in [1.54, 1.807) is 0 Å². The minimum Gasteiger partial charge on any atom is -0.489 e. The minimum atomic E-state index is 0.592. The van der Waals surface area contributed by atoms with Crippen LogP contribution in [0.3, 0.4) is 0 Å². The highest BCUT2D eigenvalue weighted by atomic mass is 16.5. The zero-order chi connectivity index (χ0) is 13.1. The van der Waals surface area contributed by atoms with E-state index in [0.29, 0.717) is 6.61 Å². The van der Waals surface area contributed by atoms with E-state index in [1.807, 2.05) is 25.1 Å². The van der Waals surface area contributed by atoms with Crippen molar-refractivity contribution in [3.63, 3.8) is 0 Å². The molecule has 0 saturated carbocycles. The molecule has 1 nitrogen and oxygen atoms in total. The lowest BCUT2D eigenvalue weighted by Crippen LogP contribution is -1.95. The number of hydrogen-bond donors (Lipinski definition) is 0. The maximum Gasteiger partial charge on any atom is 0.120 e. The molecular formula is C18H15O. The molecule has 0 spiro atoms. The van der Waals surface area contributed by atoms with E-state index < -0.39 is 0 Å². The van der Waals surface area contributed by atoms with Gasteiger partial charge < -0.3 is 4.74 Å². The summed E-state index contributed by atoms with van der Waals surface area (Å²) in [5, 5.41) is 2.51. The summed E-state index contributed by atoms with van der Waals surface area (Å²) in [5.41, 5.74) is 2.28. The first kappa shape index (κ1) is 11.8. The van der Waals surface area contributed by atoms with Crippen molar-refractivity contribution in [2.45, 2.75) is 13.5 Å². The van der Waals surface area contributed by atoms with E-state index in [0.717, 1.165) is 11.3 Å². The summed E-state index contributed by atoms with van der Waals surface area (Å²) < 4.78 is 5.80. The van der Waals surface area contributed by atoms with Gasteiger partial charge in [0.1, 0.15) is 12.4 Å². The van der Waals surface area contributed by atoms with Gasteiger partial charge in [-0.2, -0.15) is 0 Å². The van der Waals surface area contributed by atoms with Gasteiger partial charge in [0.05, 0.1) is 0 Å². The molecule has 3 rings (SSSR count). The van der Waals surface area contributed by atoms with Crippen molar-refractivity contribution in [1.82, 2.24) is 0 Å². The molecule has 0 aliphatic carbocycles. The van der Waals surface area contributed by atoms with Crippen LogP contribution in [-0.2, 0) is 6.61 Å². The number of rotatable bonds is 3. The molecule has 93 valence electrons. The molecule has 0 aliphatic rings. The van der Waals surface area contributed by atoms with Crippen molar-refractivity contribution in [1.29, 1.82) is 0 Å². The van der Waals surface area contributed by atoms with Gasteiger partial charge in [-0.15, -0.1) is 0 Å². The van der Waals surface area contributed by atoms with Crippen LogP contribution in [0, 0.1) is 13.0 Å². The van der Waals surface area contributed by atoms with Gasteiger partial charge in [0.25, 0.3) is 0 Å². The van der Waals surface area contributed by atoms with Crippen LogP contribution >= 0.6 is 0 Å². The van der Waals surface area contributed by atoms with Gasteiger partial charge in [-0.25, -0.2) is 0 Å². The van der Waals surface area contributed by atoms with Crippen LogP contribution in [0.2, 0.25) is 0 Å². The summed E-state index contributed by atoms with van der Waals surface area (Å²) in [6.45, 7) is 2.61. The van der Waals surface area contributed by atoms with Crippen LogP contribution in [0.5, 0.6) is 5.75 Å². The SMILES string of the molecule is Cc1[c]ccc(OCc2ccc3ccccc3c2)c1. The second-order valence-corrected chi connectivity index (χ2v) is 4.68. The molecule has 1 radical (unpaired) electrons. The molecule has 0 bridgehead atoms.